The molecule has 0 unspecified atom stereocenters. The standard InChI is InChI=1S/C22H18ClF2N3O3/c1-13(29)28-12-26-18-8-14(2-5-19(18)28)10-27-7-6-20(21(23)22(27)30)31-11-15-3-4-16(24)9-17(15)25/h2-9,26H,10-12H2,1H3. The van der Waals surface area contributed by atoms with E-state index in [1.807, 2.05) is 18.2 Å². The van der Waals surface area contributed by atoms with E-state index in [1.165, 1.54) is 29.8 Å². The van der Waals surface area contributed by atoms with E-state index in [1.54, 1.807) is 4.90 Å². The predicted octanol–water partition coefficient (Wildman–Crippen LogP) is 4.14. The van der Waals surface area contributed by atoms with E-state index in [9.17, 15) is 18.4 Å². The molecule has 1 aliphatic heterocycles. The Balaban J connectivity index is 1.50. The number of carbonyl (C=O) groups is 1. The lowest BCUT2D eigenvalue weighted by Gasteiger charge is -2.14. The second-order valence-electron chi connectivity index (χ2n) is 7.08. The fourth-order valence-corrected chi connectivity index (χ4v) is 3.57. The fourth-order valence-electron chi connectivity index (χ4n) is 3.35. The van der Waals surface area contributed by atoms with Crippen LogP contribution in [0.4, 0.5) is 20.2 Å². The Hall–Kier alpha value is -3.39. The first-order chi connectivity index (χ1) is 14.8. The number of hydrogen-bond donors (Lipinski definition) is 1. The number of nitrogens with one attached hydrogen (secondary N) is 1. The summed E-state index contributed by atoms with van der Waals surface area (Å²) in [6, 6.07) is 10.2. The number of nitrogens with zero attached hydrogens (tertiary/aromatic N) is 2. The molecular weight excluding hydrogens is 428 g/mol. The first-order valence-corrected chi connectivity index (χ1v) is 9.82. The van der Waals surface area contributed by atoms with Crippen LogP contribution in [0.25, 0.3) is 0 Å². The van der Waals surface area contributed by atoms with Gasteiger partial charge in [-0.3, -0.25) is 14.5 Å². The van der Waals surface area contributed by atoms with Crippen molar-refractivity contribution in [1.29, 1.82) is 0 Å². The minimum atomic E-state index is -0.738. The summed E-state index contributed by atoms with van der Waals surface area (Å²) in [5.41, 5.74) is 2.13. The lowest BCUT2D eigenvalue weighted by Crippen LogP contribution is -2.27. The van der Waals surface area contributed by atoms with Gasteiger partial charge in [0.2, 0.25) is 5.91 Å². The highest BCUT2D eigenvalue weighted by Gasteiger charge is 2.22. The van der Waals surface area contributed by atoms with Crippen molar-refractivity contribution in [3.8, 4) is 5.75 Å². The van der Waals surface area contributed by atoms with Crippen molar-refractivity contribution in [3.05, 3.63) is 86.8 Å². The molecule has 1 aliphatic rings. The van der Waals surface area contributed by atoms with Crippen LogP contribution >= 0.6 is 11.6 Å². The molecule has 1 N–H and O–H groups in total. The third kappa shape index (κ3) is 4.25. The molecule has 2 heterocycles. The third-order valence-electron chi connectivity index (χ3n) is 4.98. The summed E-state index contributed by atoms with van der Waals surface area (Å²) in [5, 5.41) is 3.02. The van der Waals surface area contributed by atoms with Gasteiger partial charge in [-0.1, -0.05) is 17.7 Å². The molecule has 0 atom stereocenters. The van der Waals surface area contributed by atoms with Crippen LogP contribution in [-0.4, -0.2) is 17.1 Å². The summed E-state index contributed by atoms with van der Waals surface area (Å²) >= 11 is 6.18. The average molecular weight is 446 g/mol. The topological polar surface area (TPSA) is 63.6 Å². The Morgan fingerprint density at radius 3 is 2.74 bits per heavy atom. The van der Waals surface area contributed by atoms with E-state index in [-0.39, 0.29) is 35.4 Å². The Labute approximate surface area is 181 Å². The molecule has 0 spiro atoms. The van der Waals surface area contributed by atoms with Crippen LogP contribution in [0.15, 0.2) is 53.5 Å². The van der Waals surface area contributed by atoms with Gasteiger partial charge in [0, 0.05) is 24.8 Å². The molecule has 0 radical (unpaired) electrons. The van der Waals surface area contributed by atoms with E-state index in [2.05, 4.69) is 5.32 Å². The first-order valence-electron chi connectivity index (χ1n) is 9.44. The van der Waals surface area contributed by atoms with Crippen LogP contribution in [0.2, 0.25) is 5.02 Å². The lowest BCUT2D eigenvalue weighted by atomic mass is 10.1. The van der Waals surface area contributed by atoms with Gasteiger partial charge in [0.1, 0.15) is 29.0 Å². The van der Waals surface area contributed by atoms with Crippen LogP contribution in [0.3, 0.4) is 0 Å². The number of amides is 1. The molecule has 3 aromatic rings. The van der Waals surface area contributed by atoms with Gasteiger partial charge in [-0.05, 0) is 35.9 Å². The van der Waals surface area contributed by atoms with Gasteiger partial charge in [0.05, 0.1) is 24.6 Å². The number of anilines is 2. The Morgan fingerprint density at radius 2 is 2.00 bits per heavy atom. The van der Waals surface area contributed by atoms with Crippen molar-refractivity contribution >= 4 is 28.9 Å². The highest BCUT2D eigenvalue weighted by atomic mass is 35.5. The van der Waals surface area contributed by atoms with Crippen molar-refractivity contribution in [2.24, 2.45) is 0 Å². The molecule has 0 fully saturated rings. The van der Waals surface area contributed by atoms with E-state index in [4.69, 9.17) is 16.3 Å². The zero-order chi connectivity index (χ0) is 22.1. The van der Waals surface area contributed by atoms with Crippen LogP contribution in [0, 0.1) is 11.6 Å². The molecule has 0 saturated carbocycles. The van der Waals surface area contributed by atoms with Gasteiger partial charge in [-0.15, -0.1) is 0 Å². The number of ether oxygens (including phenoxy) is 1. The van der Waals surface area contributed by atoms with E-state index in [0.717, 1.165) is 29.1 Å². The molecule has 160 valence electrons. The SMILES string of the molecule is CC(=O)N1CNc2cc(Cn3ccc(OCc4ccc(F)cc4F)c(Cl)c3=O)ccc21. The maximum Gasteiger partial charge on any atom is 0.273 e. The van der Waals surface area contributed by atoms with Gasteiger partial charge < -0.3 is 14.6 Å². The number of pyridine rings is 1. The number of fused-ring (bicyclic) bond motifs is 1. The largest absolute Gasteiger partial charge is 0.487 e. The van der Waals surface area contributed by atoms with E-state index >= 15 is 0 Å². The van der Waals surface area contributed by atoms with Crippen LogP contribution in [-0.2, 0) is 17.9 Å². The van der Waals surface area contributed by atoms with Crippen molar-refractivity contribution in [2.45, 2.75) is 20.1 Å². The number of halogens is 3. The second kappa shape index (κ2) is 8.39. The van der Waals surface area contributed by atoms with Crippen LogP contribution < -0.4 is 20.5 Å². The highest BCUT2D eigenvalue weighted by molar-refractivity contribution is 6.31. The van der Waals surface area contributed by atoms with Crippen molar-refractivity contribution in [3.63, 3.8) is 0 Å². The number of benzene rings is 2. The van der Waals surface area contributed by atoms with E-state index in [0.29, 0.717) is 6.67 Å². The molecule has 1 aromatic heterocycles. The van der Waals surface area contributed by atoms with Gasteiger partial charge >= 0.3 is 0 Å². The van der Waals surface area contributed by atoms with E-state index < -0.39 is 17.2 Å². The van der Waals surface area contributed by atoms with Gasteiger partial charge in [-0.2, -0.15) is 0 Å². The quantitative estimate of drug-likeness (QED) is 0.641. The molecule has 4 rings (SSSR count). The fraction of sp³-hybridized carbons (Fsp3) is 0.182. The summed E-state index contributed by atoms with van der Waals surface area (Å²) in [6.45, 7) is 1.97. The Morgan fingerprint density at radius 1 is 1.19 bits per heavy atom. The zero-order valence-electron chi connectivity index (χ0n) is 16.5. The minimum absolute atomic E-state index is 0.0573. The minimum Gasteiger partial charge on any atom is -0.487 e. The molecule has 0 aliphatic carbocycles. The van der Waals surface area contributed by atoms with Gasteiger partial charge in [0.25, 0.3) is 5.56 Å². The molecular formula is C22H18ClF2N3O3. The molecule has 9 heteroatoms. The summed E-state index contributed by atoms with van der Waals surface area (Å²) in [5.74, 6) is -1.37. The summed E-state index contributed by atoms with van der Waals surface area (Å²) in [6.07, 6.45) is 1.53. The van der Waals surface area contributed by atoms with Crippen LogP contribution in [0.5, 0.6) is 5.75 Å². The highest BCUT2D eigenvalue weighted by Crippen LogP contribution is 2.32. The third-order valence-corrected chi connectivity index (χ3v) is 5.33. The number of rotatable bonds is 5. The maximum absolute atomic E-state index is 13.8. The molecule has 0 saturated heterocycles. The number of aromatic nitrogens is 1. The van der Waals surface area contributed by atoms with Crippen molar-refractivity contribution in [1.82, 2.24) is 4.57 Å². The molecule has 31 heavy (non-hydrogen) atoms. The molecule has 0 bridgehead atoms. The normalized spacial score (nSPS) is 12.5. The summed E-state index contributed by atoms with van der Waals surface area (Å²) in [4.78, 5) is 25.9. The average Bonchev–Trinajstić information content (AvgIpc) is 3.15. The Kier molecular flexibility index (Phi) is 5.65. The van der Waals surface area contributed by atoms with Crippen LogP contribution in [0.1, 0.15) is 18.1 Å². The number of hydrogen-bond acceptors (Lipinski definition) is 4. The molecule has 6 nitrogen and oxygen atoms in total. The first kappa shape index (κ1) is 20.9. The summed E-state index contributed by atoms with van der Waals surface area (Å²) < 4.78 is 33.7. The molecule has 2 aromatic carbocycles. The molecule has 1 amide bonds. The lowest BCUT2D eigenvalue weighted by molar-refractivity contribution is -0.116. The monoisotopic (exact) mass is 445 g/mol. The Bertz CT molecular complexity index is 1230. The van der Waals surface area contributed by atoms with Crippen molar-refractivity contribution in [2.75, 3.05) is 16.9 Å². The summed E-state index contributed by atoms with van der Waals surface area (Å²) in [7, 11) is 0. The smallest absolute Gasteiger partial charge is 0.273 e. The maximum atomic E-state index is 13.8. The number of carbonyl (C=O) groups excluding carboxylic acids is 1. The van der Waals surface area contributed by atoms with Crippen molar-refractivity contribution < 1.29 is 18.3 Å². The van der Waals surface area contributed by atoms with Gasteiger partial charge in [0.15, 0.2) is 0 Å². The predicted molar refractivity (Wildman–Crippen MR) is 114 cm³/mol. The second-order valence-corrected chi connectivity index (χ2v) is 7.46. The van der Waals surface area contributed by atoms with Gasteiger partial charge in [-0.25, -0.2) is 8.78 Å². The zero-order valence-corrected chi connectivity index (χ0v) is 17.2.